The number of ether oxygens (including phenoxy) is 2. The van der Waals surface area contributed by atoms with Crippen molar-refractivity contribution in [2.24, 2.45) is 5.92 Å². The van der Waals surface area contributed by atoms with Crippen LogP contribution in [0.3, 0.4) is 0 Å². The van der Waals surface area contributed by atoms with Gasteiger partial charge in [-0.1, -0.05) is 24.3 Å². The SMILES string of the molecule is Cc1sc(NC(=O)Cc2ccc3c(c2)OCO3)nc1C1=CC2CCN(C(=O)CN(C)C)C2C=C1. The number of fused-ring (bicyclic) bond motifs is 2. The van der Waals surface area contributed by atoms with Crippen molar-refractivity contribution in [1.29, 1.82) is 0 Å². The summed E-state index contributed by atoms with van der Waals surface area (Å²) in [5.74, 6) is 1.69. The number of likely N-dealkylation sites (tertiary alicyclic amines) is 1. The molecule has 1 aliphatic carbocycles. The number of hydrogen-bond donors (Lipinski definition) is 1. The molecule has 2 aliphatic heterocycles. The fourth-order valence-electron chi connectivity index (χ4n) is 4.68. The second-order valence-corrected chi connectivity index (χ2v) is 10.3. The maximum Gasteiger partial charge on any atom is 0.237 e. The van der Waals surface area contributed by atoms with Gasteiger partial charge in [0.1, 0.15) is 0 Å². The normalized spacial score (nSPS) is 20.5. The minimum absolute atomic E-state index is 0.107. The highest BCUT2D eigenvalue weighted by atomic mass is 32.1. The molecule has 5 rings (SSSR count). The van der Waals surface area contributed by atoms with Gasteiger partial charge in [-0.25, -0.2) is 4.98 Å². The zero-order chi connectivity index (χ0) is 23.8. The van der Waals surface area contributed by atoms with E-state index in [0.717, 1.165) is 34.7 Å². The molecule has 0 radical (unpaired) electrons. The maximum atomic E-state index is 12.6. The first-order chi connectivity index (χ1) is 16.4. The van der Waals surface area contributed by atoms with Crippen LogP contribution in [0.2, 0.25) is 0 Å². The Bertz CT molecular complexity index is 1190. The van der Waals surface area contributed by atoms with Gasteiger partial charge in [0.05, 0.1) is 24.7 Å². The van der Waals surface area contributed by atoms with Crippen LogP contribution in [-0.4, -0.2) is 66.6 Å². The number of nitrogens with one attached hydrogen (secondary N) is 1. The number of hydrogen-bond acceptors (Lipinski definition) is 7. The molecule has 8 nitrogen and oxygen atoms in total. The van der Waals surface area contributed by atoms with E-state index in [9.17, 15) is 9.59 Å². The molecular formula is C25H28N4O4S. The van der Waals surface area contributed by atoms with Crippen LogP contribution in [0.1, 0.15) is 22.6 Å². The van der Waals surface area contributed by atoms with E-state index in [-0.39, 0.29) is 37.0 Å². The first-order valence-electron chi connectivity index (χ1n) is 11.4. The van der Waals surface area contributed by atoms with E-state index in [1.54, 1.807) is 0 Å². The molecule has 1 N–H and O–H groups in total. The standard InChI is InChI=1S/C25H28N4O4S/c1-15-24(18-5-6-19-17(12-18)8-9-29(19)23(31)13-28(2)3)27-25(34-15)26-22(30)11-16-4-7-20-21(10-16)33-14-32-20/h4-7,10,12,17,19H,8-9,11,13-14H2,1-3H3,(H,26,27,30). The highest BCUT2D eigenvalue weighted by Crippen LogP contribution is 2.37. The number of allylic oxidation sites excluding steroid dienone is 2. The number of likely N-dealkylation sites (N-methyl/N-ethyl adjacent to an activating group) is 1. The molecule has 178 valence electrons. The highest BCUT2D eigenvalue weighted by molar-refractivity contribution is 7.15. The number of carbonyl (C=O) groups is 2. The number of benzene rings is 1. The van der Waals surface area contributed by atoms with Crippen LogP contribution in [-0.2, 0) is 16.0 Å². The zero-order valence-electron chi connectivity index (χ0n) is 19.5. The van der Waals surface area contributed by atoms with Gasteiger partial charge in [-0.3, -0.25) is 9.59 Å². The summed E-state index contributed by atoms with van der Waals surface area (Å²) in [4.78, 5) is 34.8. The fraction of sp³-hybridized carbons (Fsp3) is 0.400. The van der Waals surface area contributed by atoms with Crippen molar-refractivity contribution < 1.29 is 19.1 Å². The fourth-order valence-corrected chi connectivity index (χ4v) is 5.54. The lowest BCUT2D eigenvalue weighted by atomic mass is 9.90. The van der Waals surface area contributed by atoms with E-state index in [2.05, 4.69) is 23.5 Å². The van der Waals surface area contributed by atoms with Gasteiger partial charge in [0, 0.05) is 17.3 Å². The Balaban J connectivity index is 1.24. The minimum atomic E-state index is -0.127. The number of nitrogens with zero attached hydrogens (tertiary/aromatic N) is 3. The van der Waals surface area contributed by atoms with Crippen molar-refractivity contribution in [3.8, 4) is 11.5 Å². The minimum Gasteiger partial charge on any atom is -0.454 e. The number of aromatic nitrogens is 1. The quantitative estimate of drug-likeness (QED) is 0.684. The average molecular weight is 481 g/mol. The van der Waals surface area contributed by atoms with Crippen molar-refractivity contribution in [3.63, 3.8) is 0 Å². The third-order valence-electron chi connectivity index (χ3n) is 6.26. The number of anilines is 1. The summed E-state index contributed by atoms with van der Waals surface area (Å²) < 4.78 is 10.7. The van der Waals surface area contributed by atoms with Crippen molar-refractivity contribution in [3.05, 3.63) is 52.6 Å². The third-order valence-corrected chi connectivity index (χ3v) is 7.14. The molecule has 1 fully saturated rings. The van der Waals surface area contributed by atoms with Crippen LogP contribution in [0, 0.1) is 12.8 Å². The second kappa shape index (κ2) is 9.23. The molecule has 0 spiro atoms. The number of thiazole rings is 1. The molecule has 2 aromatic rings. The number of rotatable bonds is 6. The Labute approximate surface area is 202 Å². The van der Waals surface area contributed by atoms with E-state index in [1.807, 2.05) is 49.0 Å². The van der Waals surface area contributed by atoms with Crippen LogP contribution < -0.4 is 14.8 Å². The third kappa shape index (κ3) is 4.58. The first-order valence-corrected chi connectivity index (χ1v) is 12.2. The summed E-state index contributed by atoms with van der Waals surface area (Å²) in [6, 6.07) is 5.64. The monoisotopic (exact) mass is 480 g/mol. The molecule has 2 unspecified atom stereocenters. The molecule has 2 amide bonds. The van der Waals surface area contributed by atoms with Crippen LogP contribution in [0.25, 0.3) is 5.57 Å². The smallest absolute Gasteiger partial charge is 0.237 e. The molecule has 0 bridgehead atoms. The number of amides is 2. The Morgan fingerprint density at radius 2 is 2.09 bits per heavy atom. The summed E-state index contributed by atoms with van der Waals surface area (Å²) in [6.45, 7) is 3.42. The molecule has 3 aliphatic rings. The largest absolute Gasteiger partial charge is 0.454 e. The van der Waals surface area contributed by atoms with E-state index >= 15 is 0 Å². The van der Waals surface area contributed by atoms with Gasteiger partial charge >= 0.3 is 0 Å². The Kier molecular flexibility index (Phi) is 6.14. The summed E-state index contributed by atoms with van der Waals surface area (Å²) >= 11 is 1.47. The number of carbonyl (C=O) groups excluding carboxylic acids is 2. The summed E-state index contributed by atoms with van der Waals surface area (Å²) in [5.41, 5.74) is 2.79. The van der Waals surface area contributed by atoms with Gasteiger partial charge in [0.2, 0.25) is 18.6 Å². The summed E-state index contributed by atoms with van der Waals surface area (Å²) in [5, 5.41) is 3.52. The van der Waals surface area contributed by atoms with Crippen molar-refractivity contribution >= 4 is 33.9 Å². The highest BCUT2D eigenvalue weighted by Gasteiger charge is 2.36. The van der Waals surface area contributed by atoms with Crippen LogP contribution in [0.5, 0.6) is 11.5 Å². The van der Waals surface area contributed by atoms with Gasteiger partial charge in [-0.05, 0) is 50.7 Å². The Hall–Kier alpha value is -3.17. The Morgan fingerprint density at radius 3 is 2.91 bits per heavy atom. The molecule has 2 atom stereocenters. The predicted molar refractivity (Wildman–Crippen MR) is 131 cm³/mol. The molecule has 9 heteroatoms. The molecule has 1 aromatic heterocycles. The maximum absolute atomic E-state index is 12.6. The zero-order valence-corrected chi connectivity index (χ0v) is 20.4. The number of aryl methyl sites for hydroxylation is 1. The molecule has 1 aromatic carbocycles. The van der Waals surface area contributed by atoms with E-state index in [4.69, 9.17) is 14.5 Å². The molecule has 0 saturated carbocycles. The van der Waals surface area contributed by atoms with Crippen LogP contribution in [0.15, 0.2) is 36.4 Å². The lowest BCUT2D eigenvalue weighted by Gasteiger charge is -2.28. The van der Waals surface area contributed by atoms with Crippen molar-refractivity contribution in [2.75, 3.05) is 39.3 Å². The van der Waals surface area contributed by atoms with E-state index in [1.165, 1.54) is 11.3 Å². The lowest BCUT2D eigenvalue weighted by molar-refractivity contribution is -0.132. The van der Waals surface area contributed by atoms with Crippen molar-refractivity contribution in [2.45, 2.75) is 25.8 Å². The average Bonchev–Trinajstić information content (AvgIpc) is 3.50. The van der Waals surface area contributed by atoms with Crippen LogP contribution >= 0.6 is 11.3 Å². The topological polar surface area (TPSA) is 84.0 Å². The molecule has 34 heavy (non-hydrogen) atoms. The predicted octanol–water partition coefficient (Wildman–Crippen LogP) is 3.09. The van der Waals surface area contributed by atoms with Gasteiger partial charge in [0.25, 0.3) is 0 Å². The molecular weight excluding hydrogens is 452 g/mol. The van der Waals surface area contributed by atoms with Gasteiger partial charge in [-0.2, -0.15) is 0 Å². The van der Waals surface area contributed by atoms with Crippen molar-refractivity contribution in [1.82, 2.24) is 14.8 Å². The van der Waals surface area contributed by atoms with Crippen LogP contribution in [0.4, 0.5) is 5.13 Å². The Morgan fingerprint density at radius 1 is 1.26 bits per heavy atom. The summed E-state index contributed by atoms with van der Waals surface area (Å²) in [6.07, 6.45) is 7.58. The van der Waals surface area contributed by atoms with Gasteiger partial charge in [0.15, 0.2) is 16.6 Å². The lowest BCUT2D eigenvalue weighted by Crippen LogP contribution is -2.41. The van der Waals surface area contributed by atoms with Gasteiger partial charge in [-0.15, -0.1) is 11.3 Å². The second-order valence-electron chi connectivity index (χ2n) is 9.09. The summed E-state index contributed by atoms with van der Waals surface area (Å²) in [7, 11) is 3.83. The first kappa shape index (κ1) is 22.6. The molecule has 3 heterocycles. The van der Waals surface area contributed by atoms with E-state index in [0.29, 0.717) is 23.2 Å². The molecule has 1 saturated heterocycles. The van der Waals surface area contributed by atoms with E-state index < -0.39 is 0 Å². The van der Waals surface area contributed by atoms with Gasteiger partial charge < -0.3 is 24.6 Å².